The molecule has 7 heteroatoms. The normalized spacial score (nSPS) is 10.7. The van der Waals surface area contributed by atoms with Crippen molar-refractivity contribution >= 4 is 34.4 Å². The van der Waals surface area contributed by atoms with Gasteiger partial charge in [-0.2, -0.15) is 0 Å². The van der Waals surface area contributed by atoms with Crippen LogP contribution in [0.25, 0.3) is 11.1 Å². The number of amides is 1. The van der Waals surface area contributed by atoms with Crippen LogP contribution in [0.1, 0.15) is 0 Å². The van der Waals surface area contributed by atoms with Crippen LogP contribution >= 0.6 is 11.6 Å². The van der Waals surface area contributed by atoms with Crippen molar-refractivity contribution in [1.29, 1.82) is 0 Å². The first-order chi connectivity index (χ1) is 10.1. The maximum absolute atomic E-state index is 12.0. The fraction of sp³-hybridized carbons (Fsp3) is 0.0714. The average molecular weight is 304 g/mol. The average Bonchev–Trinajstić information content (AvgIpc) is 2.78. The van der Waals surface area contributed by atoms with Crippen LogP contribution < -0.4 is 11.1 Å². The quantitative estimate of drug-likeness (QED) is 0.805. The number of pyridine rings is 1. The van der Waals surface area contributed by atoms with Gasteiger partial charge in [-0.25, -0.2) is 9.78 Å². The molecule has 0 unspecified atom stereocenters. The highest BCUT2D eigenvalue weighted by Gasteiger charge is 2.12. The van der Waals surface area contributed by atoms with Crippen molar-refractivity contribution in [3.8, 4) is 0 Å². The first-order valence-corrected chi connectivity index (χ1v) is 6.51. The van der Waals surface area contributed by atoms with Gasteiger partial charge in [0.15, 0.2) is 5.58 Å². The van der Waals surface area contributed by atoms with Gasteiger partial charge in [0.1, 0.15) is 12.4 Å². The summed E-state index contributed by atoms with van der Waals surface area (Å²) in [6, 6.07) is 10.1. The largest absolute Gasteiger partial charge is 0.420 e. The molecule has 2 heterocycles. The molecule has 6 nitrogen and oxygen atoms in total. The van der Waals surface area contributed by atoms with Gasteiger partial charge >= 0.3 is 5.76 Å². The lowest BCUT2D eigenvalue weighted by Gasteiger charge is -2.04. The third kappa shape index (κ3) is 2.80. The van der Waals surface area contributed by atoms with Crippen LogP contribution in [-0.4, -0.2) is 15.5 Å². The van der Waals surface area contributed by atoms with E-state index in [9.17, 15) is 9.59 Å². The molecular formula is C14H10ClN3O3. The molecule has 0 spiro atoms. The molecule has 3 rings (SSSR count). The van der Waals surface area contributed by atoms with Gasteiger partial charge in [-0.1, -0.05) is 23.7 Å². The van der Waals surface area contributed by atoms with E-state index in [-0.39, 0.29) is 12.5 Å². The summed E-state index contributed by atoms with van der Waals surface area (Å²) < 4.78 is 6.32. The SMILES string of the molecule is O=C(Cn1c(=O)oc2ccccc21)Nc1ccc(Cl)cn1. The Morgan fingerprint density at radius 3 is 2.86 bits per heavy atom. The van der Waals surface area contributed by atoms with E-state index in [1.165, 1.54) is 10.8 Å². The predicted octanol–water partition coefficient (Wildman–Crippen LogP) is 2.28. The predicted molar refractivity (Wildman–Crippen MR) is 78.4 cm³/mol. The van der Waals surface area contributed by atoms with Crippen LogP contribution in [0.3, 0.4) is 0 Å². The molecular weight excluding hydrogens is 294 g/mol. The molecule has 0 aliphatic carbocycles. The molecule has 0 radical (unpaired) electrons. The third-order valence-electron chi connectivity index (χ3n) is 2.87. The van der Waals surface area contributed by atoms with Gasteiger partial charge < -0.3 is 9.73 Å². The van der Waals surface area contributed by atoms with Crippen LogP contribution in [-0.2, 0) is 11.3 Å². The van der Waals surface area contributed by atoms with Crippen LogP contribution in [0.15, 0.2) is 51.8 Å². The number of aromatic nitrogens is 2. The Hall–Kier alpha value is -2.60. The number of carbonyl (C=O) groups is 1. The standard InChI is InChI=1S/C14H10ClN3O3/c15-9-5-6-12(16-7-9)17-13(19)8-18-10-3-1-2-4-11(10)21-14(18)20/h1-7H,8H2,(H,16,17,19). The lowest BCUT2D eigenvalue weighted by Crippen LogP contribution is -2.25. The van der Waals surface area contributed by atoms with Gasteiger partial charge in [0, 0.05) is 6.20 Å². The molecule has 0 saturated heterocycles. The van der Waals surface area contributed by atoms with Gasteiger partial charge in [-0.15, -0.1) is 0 Å². The molecule has 3 aromatic rings. The maximum Gasteiger partial charge on any atom is 0.420 e. The summed E-state index contributed by atoms with van der Waals surface area (Å²) in [4.78, 5) is 27.7. The number of nitrogens with zero attached hydrogens (tertiary/aromatic N) is 2. The highest BCUT2D eigenvalue weighted by Crippen LogP contribution is 2.12. The van der Waals surface area contributed by atoms with Crippen molar-refractivity contribution in [1.82, 2.24) is 9.55 Å². The van der Waals surface area contributed by atoms with Crippen LogP contribution in [0, 0.1) is 0 Å². The van der Waals surface area contributed by atoms with Crippen molar-refractivity contribution in [2.45, 2.75) is 6.54 Å². The minimum absolute atomic E-state index is 0.153. The minimum atomic E-state index is -0.574. The Labute approximate surface area is 124 Å². The molecule has 1 amide bonds. The first kappa shape index (κ1) is 13.4. The smallest absolute Gasteiger partial charge is 0.408 e. The number of hydrogen-bond donors (Lipinski definition) is 1. The molecule has 1 aromatic carbocycles. The van der Waals surface area contributed by atoms with E-state index in [1.807, 2.05) is 0 Å². The molecule has 2 aromatic heterocycles. The molecule has 0 atom stereocenters. The van der Waals surface area contributed by atoms with Gasteiger partial charge in [0.2, 0.25) is 5.91 Å². The summed E-state index contributed by atoms with van der Waals surface area (Å²) >= 11 is 5.72. The van der Waals surface area contributed by atoms with E-state index in [2.05, 4.69) is 10.3 Å². The van der Waals surface area contributed by atoms with E-state index < -0.39 is 5.76 Å². The van der Waals surface area contributed by atoms with Crippen molar-refractivity contribution in [2.24, 2.45) is 0 Å². The van der Waals surface area contributed by atoms with E-state index >= 15 is 0 Å². The zero-order chi connectivity index (χ0) is 14.8. The number of halogens is 1. The summed E-state index contributed by atoms with van der Waals surface area (Å²) in [5.74, 6) is -0.584. The Bertz CT molecular complexity index is 852. The second-order valence-corrected chi connectivity index (χ2v) is 4.77. The number of oxazole rings is 1. The lowest BCUT2D eigenvalue weighted by molar-refractivity contribution is -0.116. The Kier molecular flexibility index (Phi) is 3.45. The van der Waals surface area contributed by atoms with E-state index in [0.717, 1.165) is 0 Å². The Morgan fingerprint density at radius 2 is 2.10 bits per heavy atom. The number of nitrogens with one attached hydrogen (secondary N) is 1. The van der Waals surface area contributed by atoms with Crippen molar-refractivity contribution in [3.05, 3.63) is 58.2 Å². The second kappa shape index (κ2) is 5.41. The van der Waals surface area contributed by atoms with Gasteiger partial charge in [-0.3, -0.25) is 9.36 Å². The number of hydrogen-bond acceptors (Lipinski definition) is 4. The number of fused-ring (bicyclic) bond motifs is 1. The summed E-state index contributed by atoms with van der Waals surface area (Å²) in [7, 11) is 0. The van der Waals surface area contributed by atoms with Crippen molar-refractivity contribution < 1.29 is 9.21 Å². The highest BCUT2D eigenvalue weighted by atomic mass is 35.5. The highest BCUT2D eigenvalue weighted by molar-refractivity contribution is 6.30. The summed E-state index contributed by atoms with van der Waals surface area (Å²) in [5.41, 5.74) is 1.02. The first-order valence-electron chi connectivity index (χ1n) is 6.13. The molecule has 0 aliphatic heterocycles. The topological polar surface area (TPSA) is 77.1 Å². The Balaban J connectivity index is 1.82. The second-order valence-electron chi connectivity index (χ2n) is 4.33. The molecule has 1 N–H and O–H groups in total. The summed E-state index contributed by atoms with van der Waals surface area (Å²) in [6.07, 6.45) is 1.43. The molecule has 0 fully saturated rings. The Morgan fingerprint density at radius 1 is 1.29 bits per heavy atom. The number of para-hydroxylation sites is 2. The number of benzene rings is 1. The number of carbonyl (C=O) groups excluding carboxylic acids is 1. The van der Waals surface area contributed by atoms with E-state index in [0.29, 0.717) is 21.9 Å². The molecule has 106 valence electrons. The lowest BCUT2D eigenvalue weighted by atomic mass is 10.3. The molecule has 21 heavy (non-hydrogen) atoms. The number of rotatable bonds is 3. The zero-order valence-corrected chi connectivity index (χ0v) is 11.5. The monoisotopic (exact) mass is 303 g/mol. The van der Waals surface area contributed by atoms with Gasteiger partial charge in [0.25, 0.3) is 0 Å². The van der Waals surface area contributed by atoms with Crippen LogP contribution in [0.2, 0.25) is 5.02 Å². The zero-order valence-electron chi connectivity index (χ0n) is 10.7. The fourth-order valence-corrected chi connectivity index (χ4v) is 2.05. The van der Waals surface area contributed by atoms with Crippen molar-refractivity contribution in [2.75, 3.05) is 5.32 Å². The van der Waals surface area contributed by atoms with Crippen LogP contribution in [0.5, 0.6) is 0 Å². The molecule has 0 aliphatic rings. The van der Waals surface area contributed by atoms with E-state index in [1.54, 1.807) is 36.4 Å². The van der Waals surface area contributed by atoms with Gasteiger partial charge in [-0.05, 0) is 24.3 Å². The van der Waals surface area contributed by atoms with Crippen LogP contribution in [0.4, 0.5) is 5.82 Å². The van der Waals surface area contributed by atoms with E-state index in [4.69, 9.17) is 16.0 Å². The minimum Gasteiger partial charge on any atom is -0.408 e. The van der Waals surface area contributed by atoms with Crippen molar-refractivity contribution in [3.63, 3.8) is 0 Å². The third-order valence-corrected chi connectivity index (χ3v) is 3.09. The summed E-state index contributed by atoms with van der Waals surface area (Å²) in [5, 5.41) is 3.07. The fourth-order valence-electron chi connectivity index (χ4n) is 1.94. The molecule has 0 bridgehead atoms. The molecule has 0 saturated carbocycles. The summed E-state index contributed by atoms with van der Waals surface area (Å²) in [6.45, 7) is -0.153. The maximum atomic E-state index is 12.0. The number of anilines is 1. The van der Waals surface area contributed by atoms with Gasteiger partial charge in [0.05, 0.1) is 10.5 Å².